The van der Waals surface area contributed by atoms with Gasteiger partial charge in [-0.25, -0.2) is 0 Å². The summed E-state index contributed by atoms with van der Waals surface area (Å²) < 4.78 is 5.67. The number of rotatable bonds is 7. The molecule has 0 aliphatic carbocycles. The van der Waals surface area contributed by atoms with Crippen LogP contribution in [-0.4, -0.2) is 49.0 Å². The van der Waals surface area contributed by atoms with Crippen LogP contribution in [0.5, 0.6) is 0 Å². The Morgan fingerprint density at radius 3 is 2.58 bits per heavy atom. The van der Waals surface area contributed by atoms with Gasteiger partial charge in [-0.05, 0) is 31.2 Å². The van der Waals surface area contributed by atoms with Gasteiger partial charge in [0.1, 0.15) is 0 Å². The number of aliphatic hydroxyl groups excluding tert-OH is 1. The Bertz CT molecular complexity index is 334. The van der Waals surface area contributed by atoms with E-state index in [1.165, 1.54) is 5.56 Å². The van der Waals surface area contributed by atoms with Gasteiger partial charge in [-0.2, -0.15) is 0 Å². The van der Waals surface area contributed by atoms with Crippen LogP contribution in [0.1, 0.15) is 24.8 Å². The quantitative estimate of drug-likeness (QED) is 0.765. The van der Waals surface area contributed by atoms with E-state index in [0.29, 0.717) is 0 Å². The zero-order valence-corrected chi connectivity index (χ0v) is 11.6. The minimum atomic E-state index is -0.0710. The van der Waals surface area contributed by atoms with Crippen molar-refractivity contribution in [3.8, 4) is 0 Å². The Morgan fingerprint density at radius 2 is 1.84 bits per heavy atom. The van der Waals surface area contributed by atoms with Crippen molar-refractivity contribution in [1.82, 2.24) is 4.90 Å². The minimum absolute atomic E-state index is 0.0710. The Morgan fingerprint density at radius 1 is 1.11 bits per heavy atom. The van der Waals surface area contributed by atoms with Crippen LogP contribution in [0, 0.1) is 0 Å². The summed E-state index contributed by atoms with van der Waals surface area (Å²) in [5.41, 5.74) is 1.34. The number of likely N-dealkylation sites (tertiary alicyclic amines) is 1. The van der Waals surface area contributed by atoms with Crippen LogP contribution >= 0.6 is 0 Å². The summed E-state index contributed by atoms with van der Waals surface area (Å²) in [6.45, 7) is 4.81. The molecule has 1 aliphatic rings. The molecule has 0 atom stereocenters. The second kappa shape index (κ2) is 8.31. The minimum Gasteiger partial charge on any atom is -0.393 e. The van der Waals surface area contributed by atoms with E-state index in [-0.39, 0.29) is 6.10 Å². The lowest BCUT2D eigenvalue weighted by atomic mass is 10.1. The van der Waals surface area contributed by atoms with Gasteiger partial charge in [-0.1, -0.05) is 30.3 Å². The van der Waals surface area contributed by atoms with Gasteiger partial charge in [-0.15, -0.1) is 0 Å². The van der Waals surface area contributed by atoms with Gasteiger partial charge in [0.15, 0.2) is 0 Å². The summed E-state index contributed by atoms with van der Waals surface area (Å²) in [7, 11) is 0. The van der Waals surface area contributed by atoms with E-state index in [9.17, 15) is 5.11 Å². The van der Waals surface area contributed by atoms with Crippen molar-refractivity contribution in [1.29, 1.82) is 0 Å². The second-order valence-corrected chi connectivity index (χ2v) is 5.27. The highest BCUT2D eigenvalue weighted by Crippen LogP contribution is 2.09. The van der Waals surface area contributed by atoms with Gasteiger partial charge < -0.3 is 14.7 Å². The highest BCUT2D eigenvalue weighted by atomic mass is 16.5. The molecule has 0 spiro atoms. The standard InChI is InChI=1S/C16H25NO2/c18-16-7-11-17(12-8-16)10-4-13-19-14-9-15-5-2-1-3-6-15/h1-3,5-6,16,18H,4,7-14H2. The number of ether oxygens (including phenoxy) is 1. The number of nitrogens with zero attached hydrogens (tertiary/aromatic N) is 1. The van der Waals surface area contributed by atoms with Crippen molar-refractivity contribution < 1.29 is 9.84 Å². The first kappa shape index (κ1) is 14.5. The van der Waals surface area contributed by atoms with E-state index in [0.717, 1.165) is 58.5 Å². The third kappa shape index (κ3) is 5.72. The molecule has 0 amide bonds. The molecule has 0 unspecified atom stereocenters. The molecule has 1 saturated heterocycles. The van der Waals surface area contributed by atoms with Gasteiger partial charge in [0.05, 0.1) is 12.7 Å². The molecule has 1 heterocycles. The molecule has 1 fully saturated rings. The zero-order valence-electron chi connectivity index (χ0n) is 11.6. The Hall–Kier alpha value is -0.900. The molecule has 0 saturated carbocycles. The molecule has 3 heteroatoms. The Kier molecular flexibility index (Phi) is 6.34. The zero-order chi connectivity index (χ0) is 13.3. The van der Waals surface area contributed by atoms with Crippen LogP contribution in [0.2, 0.25) is 0 Å². The predicted molar refractivity (Wildman–Crippen MR) is 77.3 cm³/mol. The lowest BCUT2D eigenvalue weighted by Gasteiger charge is -2.29. The summed E-state index contributed by atoms with van der Waals surface area (Å²) in [4.78, 5) is 2.42. The molecule has 0 bridgehead atoms. The summed E-state index contributed by atoms with van der Waals surface area (Å²) in [5.74, 6) is 0. The van der Waals surface area contributed by atoms with Gasteiger partial charge in [0.2, 0.25) is 0 Å². The summed E-state index contributed by atoms with van der Waals surface area (Å²) in [6, 6.07) is 10.5. The first-order valence-electron chi connectivity index (χ1n) is 7.36. The largest absolute Gasteiger partial charge is 0.393 e. The van der Waals surface area contributed by atoms with Crippen LogP contribution in [-0.2, 0) is 11.2 Å². The van der Waals surface area contributed by atoms with Gasteiger partial charge in [0.25, 0.3) is 0 Å². The van der Waals surface area contributed by atoms with E-state index in [1.54, 1.807) is 0 Å². The monoisotopic (exact) mass is 263 g/mol. The number of piperidine rings is 1. The normalized spacial score (nSPS) is 17.7. The molecular weight excluding hydrogens is 238 g/mol. The number of aliphatic hydroxyl groups is 1. The van der Waals surface area contributed by atoms with Crippen molar-refractivity contribution >= 4 is 0 Å². The maximum Gasteiger partial charge on any atom is 0.0564 e. The van der Waals surface area contributed by atoms with Crippen molar-refractivity contribution in [2.75, 3.05) is 32.8 Å². The second-order valence-electron chi connectivity index (χ2n) is 5.27. The Labute approximate surface area is 116 Å². The van der Waals surface area contributed by atoms with Crippen LogP contribution in [0.25, 0.3) is 0 Å². The van der Waals surface area contributed by atoms with Crippen molar-refractivity contribution in [3.05, 3.63) is 35.9 Å². The first-order valence-corrected chi connectivity index (χ1v) is 7.36. The molecule has 1 aromatic carbocycles. The van der Waals surface area contributed by atoms with E-state index < -0.39 is 0 Å². The van der Waals surface area contributed by atoms with Crippen LogP contribution in [0.4, 0.5) is 0 Å². The molecule has 1 aliphatic heterocycles. The van der Waals surface area contributed by atoms with E-state index in [4.69, 9.17) is 4.74 Å². The molecule has 2 rings (SSSR count). The molecule has 0 radical (unpaired) electrons. The highest BCUT2D eigenvalue weighted by molar-refractivity contribution is 5.14. The number of benzene rings is 1. The molecular formula is C16H25NO2. The summed E-state index contributed by atoms with van der Waals surface area (Å²) in [5, 5.41) is 9.43. The topological polar surface area (TPSA) is 32.7 Å². The van der Waals surface area contributed by atoms with E-state index in [1.807, 2.05) is 6.07 Å². The van der Waals surface area contributed by atoms with Crippen LogP contribution in [0.3, 0.4) is 0 Å². The lowest BCUT2D eigenvalue weighted by Crippen LogP contribution is -2.36. The molecule has 0 aromatic heterocycles. The fourth-order valence-corrected chi connectivity index (χ4v) is 2.47. The molecule has 19 heavy (non-hydrogen) atoms. The predicted octanol–water partition coefficient (Wildman–Crippen LogP) is 2.09. The smallest absolute Gasteiger partial charge is 0.0564 e. The fourth-order valence-electron chi connectivity index (χ4n) is 2.47. The SMILES string of the molecule is OC1CCN(CCCOCCc2ccccc2)CC1. The van der Waals surface area contributed by atoms with Crippen LogP contribution < -0.4 is 0 Å². The molecule has 1 N–H and O–H groups in total. The Balaban J connectivity index is 1.46. The summed E-state index contributed by atoms with van der Waals surface area (Å²) >= 11 is 0. The molecule has 106 valence electrons. The van der Waals surface area contributed by atoms with Crippen molar-refractivity contribution in [2.45, 2.75) is 31.8 Å². The van der Waals surface area contributed by atoms with Crippen LogP contribution in [0.15, 0.2) is 30.3 Å². The third-order valence-electron chi connectivity index (χ3n) is 3.70. The number of hydrogen-bond acceptors (Lipinski definition) is 3. The van der Waals surface area contributed by atoms with Crippen molar-refractivity contribution in [2.24, 2.45) is 0 Å². The van der Waals surface area contributed by atoms with Gasteiger partial charge in [-0.3, -0.25) is 0 Å². The molecule has 1 aromatic rings. The highest BCUT2D eigenvalue weighted by Gasteiger charge is 2.15. The average Bonchev–Trinajstić information content (AvgIpc) is 2.46. The lowest BCUT2D eigenvalue weighted by molar-refractivity contribution is 0.0726. The third-order valence-corrected chi connectivity index (χ3v) is 3.70. The number of hydrogen-bond donors (Lipinski definition) is 1. The first-order chi connectivity index (χ1) is 9.34. The molecule has 3 nitrogen and oxygen atoms in total. The van der Waals surface area contributed by atoms with Crippen molar-refractivity contribution in [3.63, 3.8) is 0 Å². The maximum atomic E-state index is 9.43. The average molecular weight is 263 g/mol. The van der Waals surface area contributed by atoms with Gasteiger partial charge in [0, 0.05) is 26.2 Å². The van der Waals surface area contributed by atoms with Gasteiger partial charge >= 0.3 is 0 Å². The summed E-state index contributed by atoms with van der Waals surface area (Å²) in [6.07, 6.45) is 3.86. The van der Waals surface area contributed by atoms with E-state index >= 15 is 0 Å². The van der Waals surface area contributed by atoms with E-state index in [2.05, 4.69) is 29.2 Å². The maximum absolute atomic E-state index is 9.43. The fraction of sp³-hybridized carbons (Fsp3) is 0.625.